The van der Waals surface area contributed by atoms with Gasteiger partial charge >= 0.3 is 0 Å². The minimum absolute atomic E-state index is 0.562. The molecule has 3 aromatic rings. The Morgan fingerprint density at radius 3 is 2.73 bits per heavy atom. The highest BCUT2D eigenvalue weighted by atomic mass is 35.5. The SMILES string of the molecule is CN=C(NCCc1nc(-c2ccc(Cl)cc2)no1)NCc1sccc1C. The van der Waals surface area contributed by atoms with Crippen LogP contribution in [0.4, 0.5) is 0 Å². The van der Waals surface area contributed by atoms with Crippen LogP contribution < -0.4 is 10.6 Å². The number of hydrogen-bond acceptors (Lipinski definition) is 5. The Morgan fingerprint density at radius 2 is 2.04 bits per heavy atom. The molecule has 2 heterocycles. The second kappa shape index (κ2) is 8.82. The van der Waals surface area contributed by atoms with Crippen molar-refractivity contribution in [3.8, 4) is 11.4 Å². The molecule has 2 N–H and O–H groups in total. The predicted octanol–water partition coefficient (Wildman–Crippen LogP) is 3.67. The summed E-state index contributed by atoms with van der Waals surface area (Å²) in [6.45, 7) is 3.51. The highest BCUT2D eigenvalue weighted by molar-refractivity contribution is 7.10. The van der Waals surface area contributed by atoms with E-state index in [-0.39, 0.29) is 0 Å². The predicted molar refractivity (Wildman–Crippen MR) is 106 cm³/mol. The standard InChI is InChI=1S/C18H20ClN5OS/c1-12-8-10-26-15(12)11-22-18(20-2)21-9-7-16-23-17(24-25-16)13-3-5-14(19)6-4-13/h3-6,8,10H,7,9,11H2,1-2H3,(H2,20,21,22). The molecular formula is C18H20ClN5OS. The molecule has 1 aromatic carbocycles. The average Bonchev–Trinajstić information content (AvgIpc) is 3.28. The molecule has 26 heavy (non-hydrogen) atoms. The van der Waals surface area contributed by atoms with Gasteiger partial charge in [0, 0.05) is 35.5 Å². The first-order valence-electron chi connectivity index (χ1n) is 8.21. The second-order valence-electron chi connectivity index (χ2n) is 5.65. The van der Waals surface area contributed by atoms with E-state index >= 15 is 0 Å². The van der Waals surface area contributed by atoms with Crippen molar-refractivity contribution in [2.45, 2.75) is 19.9 Å². The van der Waals surface area contributed by atoms with E-state index in [1.54, 1.807) is 30.5 Å². The van der Waals surface area contributed by atoms with E-state index < -0.39 is 0 Å². The molecule has 0 aliphatic rings. The van der Waals surface area contributed by atoms with Gasteiger partial charge in [-0.25, -0.2) is 0 Å². The number of aromatic nitrogens is 2. The smallest absolute Gasteiger partial charge is 0.228 e. The van der Waals surface area contributed by atoms with Crippen LogP contribution in [0, 0.1) is 6.92 Å². The largest absolute Gasteiger partial charge is 0.356 e. The third kappa shape index (κ3) is 4.83. The molecule has 0 aliphatic carbocycles. The maximum absolute atomic E-state index is 5.89. The number of thiophene rings is 1. The van der Waals surface area contributed by atoms with E-state index in [0.29, 0.717) is 29.7 Å². The van der Waals surface area contributed by atoms with Gasteiger partial charge in [0.1, 0.15) is 0 Å². The number of aliphatic imine (C=N–C) groups is 1. The molecule has 0 atom stereocenters. The molecule has 2 aromatic heterocycles. The van der Waals surface area contributed by atoms with Gasteiger partial charge < -0.3 is 15.2 Å². The zero-order valence-electron chi connectivity index (χ0n) is 14.6. The molecule has 0 amide bonds. The second-order valence-corrected chi connectivity index (χ2v) is 7.09. The molecule has 3 rings (SSSR count). The van der Waals surface area contributed by atoms with Crippen LogP contribution >= 0.6 is 22.9 Å². The number of rotatable bonds is 6. The van der Waals surface area contributed by atoms with E-state index in [1.807, 2.05) is 12.1 Å². The van der Waals surface area contributed by atoms with E-state index in [1.165, 1.54) is 10.4 Å². The first-order valence-corrected chi connectivity index (χ1v) is 9.47. The quantitative estimate of drug-likeness (QED) is 0.497. The van der Waals surface area contributed by atoms with Crippen LogP contribution in [0.25, 0.3) is 11.4 Å². The van der Waals surface area contributed by atoms with Gasteiger partial charge in [0.25, 0.3) is 0 Å². The van der Waals surface area contributed by atoms with Crippen molar-refractivity contribution in [3.63, 3.8) is 0 Å². The van der Waals surface area contributed by atoms with Crippen LogP contribution in [0.15, 0.2) is 45.2 Å². The Balaban J connectivity index is 1.48. The summed E-state index contributed by atoms with van der Waals surface area (Å²) in [6, 6.07) is 9.46. The highest BCUT2D eigenvalue weighted by Crippen LogP contribution is 2.18. The lowest BCUT2D eigenvalue weighted by molar-refractivity contribution is 0.378. The number of nitrogens with one attached hydrogen (secondary N) is 2. The first kappa shape index (κ1) is 18.4. The fourth-order valence-electron chi connectivity index (χ4n) is 2.33. The summed E-state index contributed by atoms with van der Waals surface area (Å²) in [4.78, 5) is 9.94. The number of halogens is 1. The number of aryl methyl sites for hydroxylation is 1. The minimum Gasteiger partial charge on any atom is -0.356 e. The van der Waals surface area contributed by atoms with Gasteiger partial charge in [0.15, 0.2) is 5.96 Å². The Hall–Kier alpha value is -2.38. The maximum atomic E-state index is 5.89. The van der Waals surface area contributed by atoms with E-state index in [4.69, 9.17) is 16.1 Å². The zero-order valence-corrected chi connectivity index (χ0v) is 16.2. The summed E-state index contributed by atoms with van der Waals surface area (Å²) in [5.74, 6) is 1.88. The summed E-state index contributed by atoms with van der Waals surface area (Å²) in [5.41, 5.74) is 2.17. The number of benzene rings is 1. The van der Waals surface area contributed by atoms with Gasteiger partial charge in [-0.05, 0) is 48.2 Å². The van der Waals surface area contributed by atoms with Crippen LogP contribution in [0.3, 0.4) is 0 Å². The number of hydrogen-bond donors (Lipinski definition) is 2. The van der Waals surface area contributed by atoms with Gasteiger partial charge in [-0.1, -0.05) is 16.8 Å². The summed E-state index contributed by atoms with van der Waals surface area (Å²) in [7, 11) is 1.75. The van der Waals surface area contributed by atoms with Crippen molar-refractivity contribution in [2.24, 2.45) is 4.99 Å². The van der Waals surface area contributed by atoms with Gasteiger partial charge in [-0.2, -0.15) is 4.98 Å². The lowest BCUT2D eigenvalue weighted by Crippen LogP contribution is -2.37. The van der Waals surface area contributed by atoms with Crippen LogP contribution in [-0.2, 0) is 13.0 Å². The van der Waals surface area contributed by atoms with Crippen molar-refractivity contribution in [2.75, 3.05) is 13.6 Å². The third-order valence-electron chi connectivity index (χ3n) is 3.81. The molecule has 6 nitrogen and oxygen atoms in total. The topological polar surface area (TPSA) is 75.3 Å². The van der Waals surface area contributed by atoms with Gasteiger partial charge in [-0.15, -0.1) is 11.3 Å². The first-order chi connectivity index (χ1) is 12.7. The molecule has 0 saturated carbocycles. The summed E-state index contributed by atoms with van der Waals surface area (Å²) < 4.78 is 5.31. The molecule has 0 spiro atoms. The van der Waals surface area contributed by atoms with Crippen molar-refractivity contribution in [1.82, 2.24) is 20.8 Å². The Labute approximate surface area is 161 Å². The van der Waals surface area contributed by atoms with Crippen LogP contribution in [0.2, 0.25) is 5.02 Å². The van der Waals surface area contributed by atoms with Gasteiger partial charge in [0.2, 0.25) is 11.7 Å². The van der Waals surface area contributed by atoms with E-state index in [2.05, 4.69) is 44.1 Å². The van der Waals surface area contributed by atoms with E-state index in [9.17, 15) is 0 Å². The van der Waals surface area contributed by atoms with Crippen molar-refractivity contribution >= 4 is 28.9 Å². The van der Waals surface area contributed by atoms with Crippen LogP contribution in [0.5, 0.6) is 0 Å². The number of guanidine groups is 1. The zero-order chi connectivity index (χ0) is 18.4. The highest BCUT2D eigenvalue weighted by Gasteiger charge is 2.09. The monoisotopic (exact) mass is 389 g/mol. The summed E-state index contributed by atoms with van der Waals surface area (Å²) in [5, 5.41) is 13.3. The van der Waals surface area contributed by atoms with E-state index in [0.717, 1.165) is 18.1 Å². The summed E-state index contributed by atoms with van der Waals surface area (Å²) >= 11 is 7.63. The van der Waals surface area contributed by atoms with Crippen molar-refractivity contribution < 1.29 is 4.52 Å². The lowest BCUT2D eigenvalue weighted by atomic mass is 10.2. The van der Waals surface area contributed by atoms with Crippen LogP contribution in [-0.4, -0.2) is 29.7 Å². The Morgan fingerprint density at radius 1 is 1.23 bits per heavy atom. The lowest BCUT2D eigenvalue weighted by Gasteiger charge is -2.10. The normalized spacial score (nSPS) is 11.6. The maximum Gasteiger partial charge on any atom is 0.228 e. The molecule has 0 fully saturated rings. The fraction of sp³-hybridized carbons (Fsp3) is 0.278. The molecular weight excluding hydrogens is 370 g/mol. The number of nitrogens with zero attached hydrogens (tertiary/aromatic N) is 3. The molecule has 0 aliphatic heterocycles. The fourth-order valence-corrected chi connectivity index (χ4v) is 3.30. The average molecular weight is 390 g/mol. The molecule has 0 radical (unpaired) electrons. The third-order valence-corrected chi connectivity index (χ3v) is 5.08. The van der Waals surface area contributed by atoms with Gasteiger partial charge in [0.05, 0.1) is 6.54 Å². The Kier molecular flexibility index (Phi) is 6.25. The molecule has 8 heteroatoms. The molecule has 0 saturated heterocycles. The van der Waals surface area contributed by atoms with Crippen molar-refractivity contribution in [1.29, 1.82) is 0 Å². The van der Waals surface area contributed by atoms with Crippen LogP contribution in [0.1, 0.15) is 16.3 Å². The molecule has 0 bridgehead atoms. The molecule has 0 unspecified atom stereocenters. The van der Waals surface area contributed by atoms with Crippen molar-refractivity contribution in [3.05, 3.63) is 57.1 Å². The Bertz CT molecular complexity index is 872. The summed E-state index contributed by atoms with van der Waals surface area (Å²) in [6.07, 6.45) is 0.610. The minimum atomic E-state index is 0.562. The molecule has 136 valence electrons. The van der Waals surface area contributed by atoms with Gasteiger partial charge in [-0.3, -0.25) is 4.99 Å².